The number of benzene rings is 4. The van der Waals surface area contributed by atoms with Crippen molar-refractivity contribution in [2.75, 3.05) is 6.73 Å². The van der Waals surface area contributed by atoms with Gasteiger partial charge in [0.25, 0.3) is 5.91 Å². The molecule has 4 aromatic carbocycles. The van der Waals surface area contributed by atoms with E-state index in [9.17, 15) is 32.4 Å². The fourth-order valence-corrected chi connectivity index (χ4v) is 4.56. The molecule has 0 atom stereocenters. The van der Waals surface area contributed by atoms with Crippen molar-refractivity contribution in [2.24, 2.45) is 0 Å². The van der Waals surface area contributed by atoms with Gasteiger partial charge in [0.2, 0.25) is 0 Å². The average Bonchev–Trinajstić information content (AvgIpc) is 3.38. The van der Waals surface area contributed by atoms with E-state index in [1.165, 1.54) is 30.3 Å². The Morgan fingerprint density at radius 3 is 2.31 bits per heavy atom. The van der Waals surface area contributed by atoms with Crippen molar-refractivity contribution in [3.8, 4) is 17.2 Å². The van der Waals surface area contributed by atoms with Crippen LogP contribution in [0.2, 0.25) is 0 Å². The summed E-state index contributed by atoms with van der Waals surface area (Å²) in [5.74, 6) is -1.86. The minimum Gasteiger partial charge on any atom is -0.441 e. The number of fused-ring (bicyclic) bond motifs is 1. The van der Waals surface area contributed by atoms with E-state index in [2.05, 4.69) is 5.32 Å². The third kappa shape index (κ3) is 6.15. The maximum Gasteiger partial charge on any atom is 0.416 e. The van der Waals surface area contributed by atoms with E-state index < -0.39 is 36.2 Å². The molecule has 1 heterocycles. The van der Waals surface area contributed by atoms with Crippen LogP contribution in [0.25, 0.3) is 22.0 Å². The Bertz CT molecular complexity index is 1820. The van der Waals surface area contributed by atoms with Gasteiger partial charge in [0.1, 0.15) is 5.82 Å². The SMILES string of the molecule is N#Cc1cc(F)cc(-c2cc(C(=O)NCOC(=O)c3ccccc3)c3c(ccn3Cc3ccc(C(F)(F)F)cc3)c2)c1. The van der Waals surface area contributed by atoms with Crippen LogP contribution in [0.4, 0.5) is 17.6 Å². The van der Waals surface area contributed by atoms with Gasteiger partial charge in [0, 0.05) is 18.1 Å². The second-order valence-electron chi connectivity index (χ2n) is 9.39. The van der Waals surface area contributed by atoms with Crippen LogP contribution in [0.1, 0.15) is 37.4 Å². The number of hydrogen-bond acceptors (Lipinski definition) is 4. The van der Waals surface area contributed by atoms with Crippen LogP contribution in [0.5, 0.6) is 0 Å². The first-order valence-corrected chi connectivity index (χ1v) is 12.6. The zero-order chi connectivity index (χ0) is 29.9. The summed E-state index contributed by atoms with van der Waals surface area (Å²) in [5, 5.41) is 12.4. The molecule has 0 spiro atoms. The largest absolute Gasteiger partial charge is 0.441 e. The van der Waals surface area contributed by atoms with Gasteiger partial charge in [-0.05, 0) is 77.4 Å². The van der Waals surface area contributed by atoms with Crippen molar-refractivity contribution in [2.45, 2.75) is 12.7 Å². The van der Waals surface area contributed by atoms with E-state index in [4.69, 9.17) is 4.74 Å². The van der Waals surface area contributed by atoms with Crippen molar-refractivity contribution in [3.63, 3.8) is 0 Å². The van der Waals surface area contributed by atoms with Gasteiger partial charge in [-0.2, -0.15) is 18.4 Å². The molecule has 42 heavy (non-hydrogen) atoms. The monoisotopic (exact) mass is 571 g/mol. The minimum absolute atomic E-state index is 0.101. The van der Waals surface area contributed by atoms with E-state index in [0.29, 0.717) is 33.2 Å². The van der Waals surface area contributed by atoms with Crippen LogP contribution in [-0.2, 0) is 17.5 Å². The lowest BCUT2D eigenvalue weighted by atomic mass is 9.98. The molecule has 1 amide bonds. The Morgan fingerprint density at radius 1 is 0.905 bits per heavy atom. The highest BCUT2D eigenvalue weighted by Crippen LogP contribution is 2.32. The molecule has 5 rings (SSSR count). The molecule has 0 unspecified atom stereocenters. The minimum atomic E-state index is -4.47. The number of alkyl halides is 3. The number of nitrogens with zero attached hydrogens (tertiary/aromatic N) is 2. The van der Waals surface area contributed by atoms with Crippen LogP contribution in [0.15, 0.2) is 97.2 Å². The zero-order valence-electron chi connectivity index (χ0n) is 21.8. The second kappa shape index (κ2) is 11.6. The summed E-state index contributed by atoms with van der Waals surface area (Å²) < 4.78 is 60.2. The Morgan fingerprint density at radius 2 is 1.62 bits per heavy atom. The normalized spacial score (nSPS) is 11.2. The zero-order valence-corrected chi connectivity index (χ0v) is 21.8. The Kier molecular flexibility index (Phi) is 7.76. The number of nitrogens with one attached hydrogen (secondary N) is 1. The Labute approximate surface area is 237 Å². The molecular formula is C32H21F4N3O3. The summed E-state index contributed by atoms with van der Waals surface area (Å²) in [6.45, 7) is -0.279. The molecule has 0 aliphatic rings. The lowest BCUT2D eigenvalue weighted by Crippen LogP contribution is -2.28. The topological polar surface area (TPSA) is 84.1 Å². The average molecular weight is 572 g/mol. The third-order valence-electron chi connectivity index (χ3n) is 6.55. The van der Waals surface area contributed by atoms with Gasteiger partial charge >= 0.3 is 12.1 Å². The molecule has 0 aliphatic heterocycles. The lowest BCUT2D eigenvalue weighted by Gasteiger charge is -2.14. The highest BCUT2D eigenvalue weighted by Gasteiger charge is 2.30. The van der Waals surface area contributed by atoms with Crippen molar-refractivity contribution in [1.29, 1.82) is 5.26 Å². The number of nitriles is 1. The summed E-state index contributed by atoms with van der Waals surface area (Å²) in [7, 11) is 0. The summed E-state index contributed by atoms with van der Waals surface area (Å²) in [5.41, 5.74) is 1.64. The van der Waals surface area contributed by atoms with Crippen molar-refractivity contribution < 1.29 is 31.9 Å². The number of amides is 1. The van der Waals surface area contributed by atoms with Gasteiger partial charge in [-0.1, -0.05) is 30.3 Å². The molecule has 0 saturated carbocycles. The molecule has 0 fully saturated rings. The summed E-state index contributed by atoms with van der Waals surface area (Å²) in [6, 6.07) is 23.6. The number of rotatable bonds is 7. The van der Waals surface area contributed by atoms with E-state index in [0.717, 1.165) is 18.2 Å². The smallest absolute Gasteiger partial charge is 0.416 e. The van der Waals surface area contributed by atoms with Crippen molar-refractivity contribution in [1.82, 2.24) is 9.88 Å². The lowest BCUT2D eigenvalue weighted by molar-refractivity contribution is -0.137. The van der Waals surface area contributed by atoms with Crippen molar-refractivity contribution in [3.05, 3.63) is 131 Å². The molecule has 5 aromatic rings. The summed E-state index contributed by atoms with van der Waals surface area (Å²) in [6.07, 6.45) is -2.78. The fraction of sp³-hybridized carbons (Fsp3) is 0.0938. The highest BCUT2D eigenvalue weighted by molar-refractivity contribution is 6.08. The number of esters is 1. The number of hydrogen-bond donors (Lipinski definition) is 1. The maximum absolute atomic E-state index is 14.3. The van der Waals surface area contributed by atoms with E-state index in [1.807, 2.05) is 6.07 Å². The van der Waals surface area contributed by atoms with E-state index >= 15 is 0 Å². The van der Waals surface area contributed by atoms with Gasteiger partial charge in [0.05, 0.1) is 33.8 Å². The first-order chi connectivity index (χ1) is 20.1. The highest BCUT2D eigenvalue weighted by atomic mass is 19.4. The number of aromatic nitrogens is 1. The quantitative estimate of drug-likeness (QED) is 0.130. The van der Waals surface area contributed by atoms with Gasteiger partial charge in [-0.25, -0.2) is 9.18 Å². The van der Waals surface area contributed by atoms with E-state index in [1.54, 1.807) is 53.2 Å². The van der Waals surface area contributed by atoms with Crippen LogP contribution < -0.4 is 5.32 Å². The van der Waals surface area contributed by atoms with Gasteiger partial charge in [-0.15, -0.1) is 0 Å². The molecule has 0 bridgehead atoms. The number of halogens is 4. The molecule has 10 heteroatoms. The molecule has 0 aliphatic carbocycles. The molecular weight excluding hydrogens is 550 g/mol. The predicted molar refractivity (Wildman–Crippen MR) is 147 cm³/mol. The first kappa shape index (κ1) is 28.1. The molecule has 0 saturated heterocycles. The standard InChI is InChI=1S/C32H21F4N3O3/c33-27-13-21(17-37)12-24(15-27)25-14-23-10-11-39(18-20-6-8-26(9-7-20)32(34,35)36)29(23)28(16-25)30(40)38-19-42-31(41)22-4-2-1-3-5-22/h1-16H,18-19H2,(H,38,40). The van der Waals surface area contributed by atoms with Crippen LogP contribution in [-0.4, -0.2) is 23.2 Å². The Hall–Kier alpha value is -5.43. The summed E-state index contributed by atoms with van der Waals surface area (Å²) >= 11 is 0. The number of ether oxygens (including phenoxy) is 1. The maximum atomic E-state index is 14.3. The molecule has 210 valence electrons. The molecule has 0 radical (unpaired) electrons. The first-order valence-electron chi connectivity index (χ1n) is 12.6. The summed E-state index contributed by atoms with van der Waals surface area (Å²) in [4.78, 5) is 25.7. The van der Waals surface area contributed by atoms with Gasteiger partial charge in [-0.3, -0.25) is 4.79 Å². The fourth-order valence-electron chi connectivity index (χ4n) is 4.56. The molecule has 1 N–H and O–H groups in total. The van der Waals surface area contributed by atoms with Gasteiger partial charge in [0.15, 0.2) is 6.73 Å². The van der Waals surface area contributed by atoms with Crippen LogP contribution >= 0.6 is 0 Å². The second-order valence-corrected chi connectivity index (χ2v) is 9.39. The number of carbonyl (C=O) groups is 2. The Balaban J connectivity index is 1.49. The van der Waals surface area contributed by atoms with Gasteiger partial charge < -0.3 is 14.6 Å². The van der Waals surface area contributed by atoms with Crippen molar-refractivity contribution >= 4 is 22.8 Å². The van der Waals surface area contributed by atoms with Crippen LogP contribution in [0.3, 0.4) is 0 Å². The van der Waals surface area contributed by atoms with E-state index in [-0.39, 0.29) is 17.7 Å². The predicted octanol–water partition coefficient (Wildman–Crippen LogP) is 6.93. The number of carbonyl (C=O) groups excluding carboxylic acids is 2. The molecule has 1 aromatic heterocycles. The van der Waals surface area contributed by atoms with Crippen LogP contribution in [0, 0.1) is 17.1 Å². The third-order valence-corrected chi connectivity index (χ3v) is 6.55. The molecule has 6 nitrogen and oxygen atoms in total.